The number of carbonyl (C=O) groups excluding carboxylic acids is 2. The van der Waals surface area contributed by atoms with Gasteiger partial charge >= 0.3 is 6.03 Å². The number of amides is 2. The number of carbonyl (C=O) groups is 2. The Kier molecular flexibility index (Phi) is 4.55. The molecule has 21 heavy (non-hydrogen) atoms. The molecule has 2 aliphatic heterocycles. The highest BCUT2D eigenvalue weighted by atomic mass is 32.1. The lowest BCUT2D eigenvalue weighted by Gasteiger charge is -2.33. The second-order valence-electron chi connectivity index (χ2n) is 5.48. The van der Waals surface area contributed by atoms with Crippen molar-refractivity contribution >= 4 is 23.2 Å². The molecule has 0 aliphatic carbocycles. The molecule has 5 nitrogen and oxygen atoms in total. The maximum atomic E-state index is 12.6. The number of Topliss-reactive ketones (excluding diaryl/α,β-unsaturated/α-hetero) is 1. The highest BCUT2D eigenvalue weighted by Crippen LogP contribution is 2.24. The maximum absolute atomic E-state index is 12.6. The van der Waals surface area contributed by atoms with Crippen LogP contribution in [0.2, 0.25) is 0 Å². The van der Waals surface area contributed by atoms with E-state index in [1.807, 2.05) is 27.3 Å². The zero-order valence-corrected chi connectivity index (χ0v) is 12.8. The van der Waals surface area contributed by atoms with Gasteiger partial charge < -0.3 is 14.5 Å². The van der Waals surface area contributed by atoms with Crippen LogP contribution < -0.4 is 0 Å². The average molecular weight is 308 g/mol. The topological polar surface area (TPSA) is 49.9 Å². The van der Waals surface area contributed by atoms with Crippen molar-refractivity contribution in [3.05, 3.63) is 22.4 Å². The number of hydrogen-bond donors (Lipinski definition) is 0. The molecule has 6 heteroatoms. The fraction of sp³-hybridized carbons (Fsp3) is 0.600. The molecular formula is C15H20N2O3S. The monoisotopic (exact) mass is 308 g/mol. The van der Waals surface area contributed by atoms with E-state index in [1.165, 1.54) is 11.3 Å². The van der Waals surface area contributed by atoms with Gasteiger partial charge in [-0.2, -0.15) is 0 Å². The summed E-state index contributed by atoms with van der Waals surface area (Å²) < 4.78 is 5.29. The highest BCUT2D eigenvalue weighted by Gasteiger charge is 2.33. The van der Waals surface area contributed by atoms with Crippen LogP contribution in [0.25, 0.3) is 0 Å². The molecule has 114 valence electrons. The van der Waals surface area contributed by atoms with E-state index in [9.17, 15) is 9.59 Å². The number of hydrogen-bond acceptors (Lipinski definition) is 4. The van der Waals surface area contributed by atoms with Crippen molar-refractivity contribution in [1.29, 1.82) is 0 Å². The van der Waals surface area contributed by atoms with E-state index in [4.69, 9.17) is 4.74 Å². The number of rotatable bonds is 3. The average Bonchev–Trinajstić information content (AvgIpc) is 3.19. The van der Waals surface area contributed by atoms with Crippen molar-refractivity contribution in [2.24, 2.45) is 0 Å². The van der Waals surface area contributed by atoms with Crippen molar-refractivity contribution in [1.82, 2.24) is 9.80 Å². The second-order valence-corrected chi connectivity index (χ2v) is 6.42. The predicted molar refractivity (Wildman–Crippen MR) is 80.8 cm³/mol. The summed E-state index contributed by atoms with van der Waals surface area (Å²) in [6.07, 6.45) is 2.35. The Morgan fingerprint density at radius 1 is 1.29 bits per heavy atom. The van der Waals surface area contributed by atoms with Gasteiger partial charge in [0.05, 0.1) is 18.1 Å². The molecule has 1 atom stereocenters. The first-order chi connectivity index (χ1) is 10.3. The third-order valence-electron chi connectivity index (χ3n) is 4.12. The summed E-state index contributed by atoms with van der Waals surface area (Å²) in [6, 6.07) is 3.87. The molecule has 2 fully saturated rings. The van der Waals surface area contributed by atoms with Crippen LogP contribution >= 0.6 is 11.3 Å². The van der Waals surface area contributed by atoms with Gasteiger partial charge in [-0.3, -0.25) is 4.79 Å². The predicted octanol–water partition coefficient (Wildman–Crippen LogP) is 2.24. The van der Waals surface area contributed by atoms with Crippen LogP contribution in [0.5, 0.6) is 0 Å². The third-order valence-corrected chi connectivity index (χ3v) is 5.03. The Morgan fingerprint density at radius 2 is 2.10 bits per heavy atom. The Morgan fingerprint density at radius 3 is 2.81 bits per heavy atom. The molecule has 0 bridgehead atoms. The molecule has 3 heterocycles. The first-order valence-corrected chi connectivity index (χ1v) is 8.33. The largest absolute Gasteiger partial charge is 0.378 e. The summed E-state index contributed by atoms with van der Waals surface area (Å²) in [5, 5.41) is 1.92. The van der Waals surface area contributed by atoms with Gasteiger partial charge in [-0.1, -0.05) is 6.07 Å². The van der Waals surface area contributed by atoms with Gasteiger partial charge in [0, 0.05) is 32.1 Å². The molecule has 0 radical (unpaired) electrons. The first-order valence-electron chi connectivity index (χ1n) is 7.45. The minimum atomic E-state index is 0.0509. The zero-order chi connectivity index (χ0) is 14.7. The van der Waals surface area contributed by atoms with Gasteiger partial charge in [-0.15, -0.1) is 11.3 Å². The summed E-state index contributed by atoms with van der Waals surface area (Å²) in [5.74, 6) is 0.150. The molecular weight excluding hydrogens is 288 g/mol. The van der Waals surface area contributed by atoms with Crippen molar-refractivity contribution in [2.75, 3.05) is 32.8 Å². The molecule has 2 saturated heterocycles. The highest BCUT2D eigenvalue weighted by molar-refractivity contribution is 7.12. The number of morpholine rings is 1. The third kappa shape index (κ3) is 3.27. The molecule has 0 unspecified atom stereocenters. The van der Waals surface area contributed by atoms with E-state index in [1.54, 1.807) is 0 Å². The number of ketones is 1. The molecule has 0 aromatic carbocycles. The van der Waals surface area contributed by atoms with Crippen molar-refractivity contribution in [2.45, 2.75) is 25.3 Å². The number of thiophene rings is 1. The van der Waals surface area contributed by atoms with Gasteiger partial charge in [0.1, 0.15) is 0 Å². The molecule has 0 saturated carbocycles. The van der Waals surface area contributed by atoms with Gasteiger partial charge in [0.15, 0.2) is 5.78 Å². The molecule has 2 amide bonds. The van der Waals surface area contributed by atoms with E-state index in [0.717, 1.165) is 24.3 Å². The minimum Gasteiger partial charge on any atom is -0.378 e. The lowest BCUT2D eigenvalue weighted by Crippen LogP contribution is -2.50. The van der Waals surface area contributed by atoms with Crippen molar-refractivity contribution in [3.63, 3.8) is 0 Å². The molecule has 2 aliphatic rings. The summed E-state index contributed by atoms with van der Waals surface area (Å²) in [5.41, 5.74) is 0. The minimum absolute atomic E-state index is 0.0509. The first kappa shape index (κ1) is 14.5. The van der Waals surface area contributed by atoms with Crippen LogP contribution in [0.15, 0.2) is 17.5 Å². The van der Waals surface area contributed by atoms with E-state index >= 15 is 0 Å². The summed E-state index contributed by atoms with van der Waals surface area (Å²) in [7, 11) is 0. The Balaban J connectivity index is 1.62. The van der Waals surface area contributed by atoms with Crippen LogP contribution in [0.4, 0.5) is 4.79 Å². The molecule has 1 aromatic heterocycles. The second kappa shape index (κ2) is 6.58. The van der Waals surface area contributed by atoms with Crippen LogP contribution in [0.1, 0.15) is 28.9 Å². The molecule has 3 rings (SSSR count). The smallest absolute Gasteiger partial charge is 0.320 e. The Labute approximate surface area is 128 Å². The SMILES string of the molecule is O=C(C[C@@H]1CCCN1C(=O)N1CCOCC1)c1cccs1. The molecule has 0 N–H and O–H groups in total. The lowest BCUT2D eigenvalue weighted by atomic mass is 10.1. The molecule has 0 spiro atoms. The van der Waals surface area contributed by atoms with Crippen LogP contribution in [-0.2, 0) is 4.74 Å². The fourth-order valence-electron chi connectivity index (χ4n) is 2.99. The normalized spacial score (nSPS) is 22.6. The van der Waals surface area contributed by atoms with Crippen LogP contribution in [0, 0.1) is 0 Å². The fourth-order valence-corrected chi connectivity index (χ4v) is 3.66. The lowest BCUT2D eigenvalue weighted by molar-refractivity contribution is 0.0418. The van der Waals surface area contributed by atoms with Crippen LogP contribution in [0.3, 0.4) is 0 Å². The Bertz CT molecular complexity index is 497. The summed E-state index contributed by atoms with van der Waals surface area (Å²) in [4.78, 5) is 29.3. The number of nitrogens with zero attached hydrogens (tertiary/aromatic N) is 2. The van der Waals surface area contributed by atoms with Gasteiger partial charge in [-0.05, 0) is 24.3 Å². The Hall–Kier alpha value is -1.40. The van der Waals surface area contributed by atoms with Gasteiger partial charge in [0.2, 0.25) is 0 Å². The zero-order valence-electron chi connectivity index (χ0n) is 12.0. The number of urea groups is 1. The number of likely N-dealkylation sites (tertiary alicyclic amines) is 1. The van der Waals surface area contributed by atoms with Gasteiger partial charge in [0.25, 0.3) is 0 Å². The molecule has 1 aromatic rings. The van der Waals surface area contributed by atoms with Crippen LogP contribution in [-0.4, -0.2) is 60.5 Å². The van der Waals surface area contributed by atoms with Crippen molar-refractivity contribution in [3.8, 4) is 0 Å². The van der Waals surface area contributed by atoms with Crippen molar-refractivity contribution < 1.29 is 14.3 Å². The summed E-state index contributed by atoms with van der Waals surface area (Å²) >= 11 is 1.47. The van der Waals surface area contributed by atoms with Gasteiger partial charge in [-0.25, -0.2) is 4.79 Å². The van der Waals surface area contributed by atoms with E-state index in [0.29, 0.717) is 32.7 Å². The van der Waals surface area contributed by atoms with E-state index in [-0.39, 0.29) is 17.9 Å². The van der Waals surface area contributed by atoms with E-state index in [2.05, 4.69) is 0 Å². The quantitative estimate of drug-likeness (QED) is 0.805. The van der Waals surface area contributed by atoms with E-state index < -0.39 is 0 Å². The standard InChI is InChI=1S/C15H20N2O3S/c18-13(14-4-2-10-21-14)11-12-3-1-5-17(12)15(19)16-6-8-20-9-7-16/h2,4,10,12H,1,3,5-9,11H2/t12-/m0/s1. The maximum Gasteiger partial charge on any atom is 0.320 e. The summed E-state index contributed by atoms with van der Waals surface area (Å²) in [6.45, 7) is 3.29. The number of ether oxygens (including phenoxy) is 1.